The lowest BCUT2D eigenvalue weighted by Crippen LogP contribution is -2.74. The molecule has 15 heteroatoms. The molecule has 4 atom stereocenters. The minimum Gasteiger partial charge on any atom is -0.494 e. The molecule has 2 aliphatic rings. The van der Waals surface area contributed by atoms with Gasteiger partial charge in [0.1, 0.15) is 42.4 Å². The van der Waals surface area contributed by atoms with E-state index in [1.165, 1.54) is 4.90 Å². The predicted octanol–water partition coefficient (Wildman–Crippen LogP) is 6.24. The van der Waals surface area contributed by atoms with Crippen LogP contribution >= 0.6 is 11.6 Å². The Morgan fingerprint density at radius 3 is 2.14 bits per heavy atom. The number of ether oxygens (including phenoxy) is 3. The zero-order valence-electron chi connectivity index (χ0n) is 37.3. The van der Waals surface area contributed by atoms with Crippen LogP contribution in [0.3, 0.4) is 0 Å². The minimum absolute atomic E-state index is 0.0445. The summed E-state index contributed by atoms with van der Waals surface area (Å²) in [4.78, 5) is 55.0. The number of amides is 4. The van der Waals surface area contributed by atoms with Crippen molar-refractivity contribution in [1.82, 2.24) is 20.9 Å². The van der Waals surface area contributed by atoms with Crippen molar-refractivity contribution in [3.63, 3.8) is 0 Å². The highest BCUT2D eigenvalue weighted by atomic mass is 35.5. The number of carbonyl (C=O) groups excluding carboxylic acids is 4. The van der Waals surface area contributed by atoms with Crippen LogP contribution in [0.5, 0.6) is 11.5 Å². The molecule has 2 fully saturated rings. The summed E-state index contributed by atoms with van der Waals surface area (Å²) < 4.78 is 17.8. The van der Waals surface area contributed by atoms with E-state index in [0.29, 0.717) is 52.7 Å². The summed E-state index contributed by atoms with van der Waals surface area (Å²) in [7, 11) is 0. The Kier molecular flexibility index (Phi) is 15.5. The molecule has 3 aromatic carbocycles. The van der Waals surface area contributed by atoms with Gasteiger partial charge in [0.2, 0.25) is 17.7 Å². The van der Waals surface area contributed by atoms with Gasteiger partial charge in [-0.1, -0.05) is 72.2 Å². The van der Waals surface area contributed by atoms with Crippen molar-refractivity contribution in [2.45, 2.75) is 111 Å². The number of β-amino-alcohol motifs (C(OH)–C–C–N with tert-alkyl or cyclic N) is 1. The van der Waals surface area contributed by atoms with Gasteiger partial charge in [0.15, 0.2) is 0 Å². The SMILES string of the molecule is C[C@H](NC(=O)[C@@H]1C[C@@H](O)CN1C(=O)C(NC(=O)COCCCCOc1ccc(C(=O)N[C@H]2C(C)(C)[C@H](Oc3ccc(C#N)c(Cl)c3)C2(C)C)cc1)C(C)(C)C)c1ccc(C#N)cc1. The molecular formula is C48H59ClN6O8. The number of benzene rings is 3. The molecule has 4 amide bonds. The number of hydrogen-bond acceptors (Lipinski definition) is 10. The molecule has 1 aliphatic heterocycles. The van der Waals surface area contributed by atoms with Crippen molar-refractivity contribution < 1.29 is 38.5 Å². The average Bonchev–Trinajstić information content (AvgIpc) is 3.64. The van der Waals surface area contributed by atoms with E-state index in [-0.39, 0.29) is 44.2 Å². The van der Waals surface area contributed by atoms with Crippen molar-refractivity contribution in [2.75, 3.05) is 26.4 Å². The van der Waals surface area contributed by atoms with E-state index in [4.69, 9.17) is 31.1 Å². The van der Waals surface area contributed by atoms with Crippen molar-refractivity contribution >= 4 is 35.2 Å². The third kappa shape index (κ3) is 11.7. The van der Waals surface area contributed by atoms with E-state index >= 15 is 0 Å². The Morgan fingerprint density at radius 2 is 1.54 bits per heavy atom. The van der Waals surface area contributed by atoms with Gasteiger partial charge in [-0.05, 0) is 79.3 Å². The average molecular weight is 883 g/mol. The number of unbranched alkanes of at least 4 members (excludes halogenated alkanes) is 1. The smallest absolute Gasteiger partial charge is 0.251 e. The molecule has 0 radical (unpaired) electrons. The predicted molar refractivity (Wildman–Crippen MR) is 237 cm³/mol. The first-order chi connectivity index (χ1) is 29.7. The fourth-order valence-electron chi connectivity index (χ4n) is 8.74. The van der Waals surface area contributed by atoms with E-state index in [1.807, 2.05) is 54.5 Å². The zero-order chi connectivity index (χ0) is 46.3. The maximum Gasteiger partial charge on any atom is 0.251 e. The van der Waals surface area contributed by atoms with Crippen LogP contribution in [-0.4, -0.2) is 90.3 Å². The van der Waals surface area contributed by atoms with Gasteiger partial charge in [-0.3, -0.25) is 19.2 Å². The second kappa shape index (κ2) is 20.2. The second-order valence-electron chi connectivity index (χ2n) is 18.7. The first kappa shape index (κ1) is 48.4. The molecule has 63 heavy (non-hydrogen) atoms. The standard InChI is InChI=1S/C48H59ClN6O8/c1-29(31-13-11-30(25-50)12-14-31)52-42(59)38-23-34(56)27-55(38)43(60)40(46(2,3)4)53-39(57)28-61-21-9-10-22-62-35-18-15-32(16-19-35)41(58)54-44-47(5,6)45(48(44,7)8)63-36-20-17-33(26-51)37(49)24-36/h11-20,24,29,34,38,40,44-45,56H,9-10,21-23,27-28H2,1-8H3,(H,52,59)(H,53,57)(H,54,58)/t29-,34+,38-,40?,44-,45-/m0/s1. The van der Waals surface area contributed by atoms with E-state index in [1.54, 1.807) is 73.7 Å². The molecule has 0 aromatic heterocycles. The van der Waals surface area contributed by atoms with Crippen molar-refractivity contribution in [2.24, 2.45) is 16.2 Å². The van der Waals surface area contributed by atoms with E-state index in [2.05, 4.69) is 22.0 Å². The minimum atomic E-state index is -0.985. The van der Waals surface area contributed by atoms with Crippen molar-refractivity contribution in [1.29, 1.82) is 10.5 Å². The van der Waals surface area contributed by atoms with E-state index in [0.717, 1.165) is 5.56 Å². The largest absolute Gasteiger partial charge is 0.494 e. The molecule has 1 unspecified atom stereocenters. The molecule has 3 aromatic rings. The van der Waals surface area contributed by atoms with E-state index < -0.39 is 58.2 Å². The Bertz CT molecular complexity index is 2190. The van der Waals surface area contributed by atoms with Gasteiger partial charge < -0.3 is 40.2 Å². The number of likely N-dealkylation sites (tertiary alicyclic amines) is 1. The summed E-state index contributed by atoms with van der Waals surface area (Å²) in [6.45, 7) is 15.8. The summed E-state index contributed by atoms with van der Waals surface area (Å²) in [5.41, 5.74) is 0.637. The molecule has 336 valence electrons. The number of aliphatic hydroxyl groups excluding tert-OH is 1. The number of hydrogen-bond donors (Lipinski definition) is 4. The number of nitriles is 2. The van der Waals surface area contributed by atoms with Crippen LogP contribution in [0.2, 0.25) is 5.02 Å². The van der Waals surface area contributed by atoms with Crippen LogP contribution in [-0.2, 0) is 19.1 Å². The Balaban J connectivity index is 1.02. The molecule has 5 rings (SSSR count). The lowest BCUT2D eigenvalue weighted by molar-refractivity contribution is -0.164. The van der Waals surface area contributed by atoms with Crippen LogP contribution in [0.15, 0.2) is 66.7 Å². The lowest BCUT2D eigenvalue weighted by Gasteiger charge is -2.63. The molecular weight excluding hydrogens is 824 g/mol. The summed E-state index contributed by atoms with van der Waals surface area (Å²) >= 11 is 6.22. The first-order valence-corrected chi connectivity index (χ1v) is 21.6. The fraction of sp³-hybridized carbons (Fsp3) is 0.500. The maximum absolute atomic E-state index is 13.9. The molecule has 1 heterocycles. The summed E-state index contributed by atoms with van der Waals surface area (Å²) in [6, 6.07) is 20.4. The van der Waals surface area contributed by atoms with Gasteiger partial charge in [0.25, 0.3) is 5.91 Å². The summed E-state index contributed by atoms with van der Waals surface area (Å²) in [5, 5.41) is 38.0. The van der Waals surface area contributed by atoms with Gasteiger partial charge in [-0.25, -0.2) is 0 Å². The van der Waals surface area contributed by atoms with Crippen LogP contribution in [0.4, 0.5) is 0 Å². The third-order valence-electron chi connectivity index (χ3n) is 11.9. The number of halogens is 1. The maximum atomic E-state index is 13.9. The highest BCUT2D eigenvalue weighted by Gasteiger charge is 2.64. The van der Waals surface area contributed by atoms with Gasteiger partial charge in [-0.15, -0.1) is 0 Å². The molecule has 1 aliphatic carbocycles. The number of carbonyl (C=O) groups is 4. The third-order valence-corrected chi connectivity index (χ3v) is 12.2. The lowest BCUT2D eigenvalue weighted by atomic mass is 9.49. The van der Waals surface area contributed by atoms with Gasteiger partial charge in [-0.2, -0.15) is 10.5 Å². The molecule has 0 bridgehead atoms. The second-order valence-corrected chi connectivity index (χ2v) is 19.1. The summed E-state index contributed by atoms with van der Waals surface area (Å²) in [5.74, 6) is -0.410. The number of aliphatic hydroxyl groups is 1. The van der Waals surface area contributed by atoms with E-state index in [9.17, 15) is 29.5 Å². The fourth-order valence-corrected chi connectivity index (χ4v) is 8.95. The Morgan fingerprint density at radius 1 is 0.905 bits per heavy atom. The summed E-state index contributed by atoms with van der Waals surface area (Å²) in [6.07, 6.45) is 0.186. The van der Waals surface area contributed by atoms with Crippen molar-refractivity contribution in [3.05, 3.63) is 94.0 Å². The van der Waals surface area contributed by atoms with Crippen molar-refractivity contribution in [3.8, 4) is 23.6 Å². The number of nitrogens with zero attached hydrogens (tertiary/aromatic N) is 3. The first-order valence-electron chi connectivity index (χ1n) is 21.2. The highest BCUT2D eigenvalue weighted by molar-refractivity contribution is 6.31. The number of rotatable bonds is 17. The monoisotopic (exact) mass is 882 g/mol. The molecule has 1 saturated carbocycles. The highest BCUT2D eigenvalue weighted by Crippen LogP contribution is 2.55. The van der Waals surface area contributed by atoms with Gasteiger partial charge >= 0.3 is 0 Å². The zero-order valence-corrected chi connectivity index (χ0v) is 38.0. The van der Waals surface area contributed by atoms with Crippen LogP contribution < -0.4 is 25.4 Å². The van der Waals surface area contributed by atoms with Crippen LogP contribution in [0.1, 0.15) is 108 Å². The Hall–Kier alpha value is -5.67. The number of nitrogens with one attached hydrogen (secondary N) is 3. The van der Waals surface area contributed by atoms with Gasteiger partial charge in [0, 0.05) is 48.1 Å². The molecule has 1 saturated heterocycles. The molecule has 14 nitrogen and oxygen atoms in total. The van der Waals surface area contributed by atoms with Crippen LogP contribution in [0, 0.1) is 38.9 Å². The topological polar surface area (TPSA) is 203 Å². The molecule has 4 N–H and O–H groups in total. The van der Waals surface area contributed by atoms with Gasteiger partial charge in [0.05, 0.1) is 41.0 Å². The Labute approximate surface area is 375 Å². The quantitative estimate of drug-likeness (QED) is 0.112. The molecule has 0 spiro atoms. The van der Waals surface area contributed by atoms with Crippen LogP contribution in [0.25, 0.3) is 0 Å². The normalized spacial score (nSPS) is 20.8.